The molecular weight excluding hydrogens is 342 g/mol. The Morgan fingerprint density at radius 3 is 2.55 bits per heavy atom. The van der Waals surface area contributed by atoms with E-state index in [9.17, 15) is 4.79 Å². The molecule has 0 aliphatic rings. The zero-order valence-corrected chi connectivity index (χ0v) is 13.8. The van der Waals surface area contributed by atoms with Crippen LogP contribution in [0.5, 0.6) is 0 Å². The number of halogens is 1. The Morgan fingerprint density at radius 2 is 1.82 bits per heavy atom. The number of carbonyl (C=O) groups is 1. The molecule has 0 heterocycles. The van der Waals surface area contributed by atoms with E-state index in [-0.39, 0.29) is 6.09 Å². The number of ether oxygens (including phenoxy) is 1. The highest BCUT2D eigenvalue weighted by atomic mass is 79.9. The number of hydrogen-bond acceptors (Lipinski definition) is 2. The molecule has 0 radical (unpaired) electrons. The van der Waals surface area contributed by atoms with Crippen LogP contribution in [-0.2, 0) is 11.3 Å². The van der Waals surface area contributed by atoms with E-state index in [1.165, 1.54) is 0 Å². The molecule has 0 saturated heterocycles. The van der Waals surface area contributed by atoms with Gasteiger partial charge in [-0.15, -0.1) is 0 Å². The number of alkyl carbamates (subject to hydrolysis) is 1. The summed E-state index contributed by atoms with van der Waals surface area (Å²) in [7, 11) is 0. The summed E-state index contributed by atoms with van der Waals surface area (Å²) < 4.78 is 6.19. The summed E-state index contributed by atoms with van der Waals surface area (Å²) in [5.74, 6) is 0. The van der Waals surface area contributed by atoms with Gasteiger partial charge in [0.25, 0.3) is 0 Å². The van der Waals surface area contributed by atoms with Gasteiger partial charge < -0.3 is 10.1 Å². The average Bonchev–Trinajstić information content (AvgIpc) is 2.55. The number of amides is 1. The van der Waals surface area contributed by atoms with Gasteiger partial charge in [0.05, 0.1) is 0 Å². The van der Waals surface area contributed by atoms with E-state index in [0.717, 1.165) is 22.0 Å². The van der Waals surface area contributed by atoms with Crippen molar-refractivity contribution in [3.63, 3.8) is 0 Å². The van der Waals surface area contributed by atoms with E-state index >= 15 is 0 Å². The summed E-state index contributed by atoms with van der Waals surface area (Å²) in [4.78, 5) is 11.5. The standard InChI is InChI=1S/C18H18BrNO2/c19-17-11-9-15(10-12-17)6-4-5-13-20-18(21)22-14-16-7-2-1-3-8-16/h1-4,6-12H,5,13-14H2,(H,20,21). The zero-order valence-electron chi connectivity index (χ0n) is 12.2. The van der Waals surface area contributed by atoms with Gasteiger partial charge in [-0.2, -0.15) is 0 Å². The van der Waals surface area contributed by atoms with Crippen molar-refractivity contribution < 1.29 is 9.53 Å². The van der Waals surface area contributed by atoms with Crippen LogP contribution < -0.4 is 5.32 Å². The van der Waals surface area contributed by atoms with Gasteiger partial charge in [-0.1, -0.05) is 70.5 Å². The third kappa shape index (κ3) is 6.14. The lowest BCUT2D eigenvalue weighted by atomic mass is 10.2. The molecule has 114 valence electrons. The topological polar surface area (TPSA) is 38.3 Å². The summed E-state index contributed by atoms with van der Waals surface area (Å²) >= 11 is 3.40. The number of benzene rings is 2. The largest absolute Gasteiger partial charge is 0.445 e. The van der Waals surface area contributed by atoms with Crippen molar-refractivity contribution >= 4 is 28.1 Å². The Hall–Kier alpha value is -2.07. The lowest BCUT2D eigenvalue weighted by Crippen LogP contribution is -2.24. The van der Waals surface area contributed by atoms with Gasteiger partial charge in [-0.3, -0.25) is 0 Å². The van der Waals surface area contributed by atoms with Crippen LogP contribution in [0.15, 0.2) is 65.1 Å². The van der Waals surface area contributed by atoms with Crippen molar-refractivity contribution in [3.05, 3.63) is 76.3 Å². The Kier molecular flexibility index (Phi) is 6.71. The Bertz CT molecular complexity index is 609. The molecule has 1 amide bonds. The highest BCUT2D eigenvalue weighted by Crippen LogP contribution is 2.11. The predicted molar refractivity (Wildman–Crippen MR) is 92.4 cm³/mol. The molecule has 0 saturated carbocycles. The van der Waals surface area contributed by atoms with Gasteiger partial charge >= 0.3 is 6.09 Å². The second-order valence-corrected chi connectivity index (χ2v) is 5.65. The van der Waals surface area contributed by atoms with Crippen LogP contribution in [-0.4, -0.2) is 12.6 Å². The molecular formula is C18H18BrNO2. The molecule has 0 bridgehead atoms. The molecule has 3 nitrogen and oxygen atoms in total. The van der Waals surface area contributed by atoms with Crippen LogP contribution in [0.1, 0.15) is 17.5 Å². The highest BCUT2D eigenvalue weighted by Gasteiger charge is 2.00. The molecule has 0 atom stereocenters. The van der Waals surface area contributed by atoms with Gasteiger partial charge in [-0.25, -0.2) is 4.79 Å². The number of hydrogen-bond donors (Lipinski definition) is 1. The summed E-state index contributed by atoms with van der Waals surface area (Å²) in [6, 6.07) is 17.7. The van der Waals surface area contributed by atoms with Crippen LogP contribution in [0.3, 0.4) is 0 Å². The summed E-state index contributed by atoms with van der Waals surface area (Å²) in [6.07, 6.45) is 4.43. The molecule has 0 aromatic heterocycles. The van der Waals surface area contributed by atoms with Crippen LogP contribution in [0.2, 0.25) is 0 Å². The van der Waals surface area contributed by atoms with Crippen LogP contribution >= 0.6 is 15.9 Å². The van der Waals surface area contributed by atoms with Gasteiger partial charge in [-0.05, 0) is 29.7 Å². The Labute approximate surface area is 139 Å². The summed E-state index contributed by atoms with van der Waals surface area (Å²) in [5.41, 5.74) is 2.11. The minimum absolute atomic E-state index is 0.293. The van der Waals surface area contributed by atoms with Crippen molar-refractivity contribution in [1.29, 1.82) is 0 Å². The van der Waals surface area contributed by atoms with E-state index < -0.39 is 0 Å². The third-order valence-corrected chi connectivity index (χ3v) is 3.50. The second kappa shape index (κ2) is 9.05. The third-order valence-electron chi connectivity index (χ3n) is 2.97. The van der Waals surface area contributed by atoms with E-state index in [1.807, 2.05) is 66.7 Å². The predicted octanol–water partition coefficient (Wildman–Crippen LogP) is 4.78. The van der Waals surface area contributed by atoms with Crippen molar-refractivity contribution in [2.45, 2.75) is 13.0 Å². The molecule has 1 N–H and O–H groups in total. The van der Waals surface area contributed by atoms with E-state index in [1.54, 1.807) is 0 Å². The molecule has 0 spiro atoms. The van der Waals surface area contributed by atoms with Crippen molar-refractivity contribution in [2.24, 2.45) is 0 Å². The van der Waals surface area contributed by atoms with Gasteiger partial charge in [0.1, 0.15) is 6.61 Å². The molecule has 2 aromatic carbocycles. The zero-order chi connectivity index (χ0) is 15.6. The number of carbonyl (C=O) groups excluding carboxylic acids is 1. The minimum atomic E-state index is -0.388. The van der Waals surface area contributed by atoms with Crippen LogP contribution in [0.25, 0.3) is 6.08 Å². The quantitative estimate of drug-likeness (QED) is 0.753. The first-order chi connectivity index (χ1) is 10.7. The normalized spacial score (nSPS) is 10.6. The van der Waals surface area contributed by atoms with Gasteiger partial charge in [0, 0.05) is 11.0 Å². The molecule has 0 aliphatic heterocycles. The first kappa shape index (κ1) is 16.3. The molecule has 2 rings (SSSR count). The number of rotatable bonds is 6. The van der Waals surface area contributed by atoms with Crippen molar-refractivity contribution in [2.75, 3.05) is 6.54 Å². The fraction of sp³-hybridized carbons (Fsp3) is 0.167. The lowest BCUT2D eigenvalue weighted by Gasteiger charge is -2.05. The molecule has 0 fully saturated rings. The molecule has 2 aromatic rings. The Balaban J connectivity index is 1.61. The van der Waals surface area contributed by atoms with E-state index in [2.05, 4.69) is 21.2 Å². The second-order valence-electron chi connectivity index (χ2n) is 4.73. The first-order valence-corrected chi connectivity index (χ1v) is 7.90. The molecule has 0 aliphatic carbocycles. The fourth-order valence-electron chi connectivity index (χ4n) is 1.83. The maximum absolute atomic E-state index is 11.5. The van der Waals surface area contributed by atoms with Crippen LogP contribution in [0, 0.1) is 0 Å². The number of nitrogens with one attached hydrogen (secondary N) is 1. The highest BCUT2D eigenvalue weighted by molar-refractivity contribution is 9.10. The lowest BCUT2D eigenvalue weighted by molar-refractivity contribution is 0.140. The molecule has 0 unspecified atom stereocenters. The van der Waals surface area contributed by atoms with Gasteiger partial charge in [0.2, 0.25) is 0 Å². The minimum Gasteiger partial charge on any atom is -0.445 e. The molecule has 22 heavy (non-hydrogen) atoms. The fourth-order valence-corrected chi connectivity index (χ4v) is 2.09. The SMILES string of the molecule is O=C(NCCC=Cc1ccc(Br)cc1)OCc1ccccc1. The first-order valence-electron chi connectivity index (χ1n) is 7.11. The smallest absolute Gasteiger partial charge is 0.407 e. The van der Waals surface area contributed by atoms with Gasteiger partial charge in [0.15, 0.2) is 0 Å². The van der Waals surface area contributed by atoms with E-state index in [0.29, 0.717) is 13.2 Å². The molecule has 4 heteroatoms. The summed E-state index contributed by atoms with van der Waals surface area (Å²) in [5, 5.41) is 2.73. The summed E-state index contributed by atoms with van der Waals surface area (Å²) in [6.45, 7) is 0.849. The van der Waals surface area contributed by atoms with E-state index in [4.69, 9.17) is 4.74 Å². The monoisotopic (exact) mass is 359 g/mol. The Morgan fingerprint density at radius 1 is 1.09 bits per heavy atom. The van der Waals surface area contributed by atoms with Crippen LogP contribution in [0.4, 0.5) is 4.79 Å². The maximum Gasteiger partial charge on any atom is 0.407 e. The van der Waals surface area contributed by atoms with Crippen molar-refractivity contribution in [3.8, 4) is 0 Å². The maximum atomic E-state index is 11.5. The van der Waals surface area contributed by atoms with Crippen molar-refractivity contribution in [1.82, 2.24) is 5.32 Å². The average molecular weight is 360 g/mol.